The van der Waals surface area contributed by atoms with Crippen molar-refractivity contribution < 1.29 is 26.7 Å². The Morgan fingerprint density at radius 2 is 2.00 bits per heavy atom. The van der Waals surface area contributed by atoms with Crippen LogP contribution in [-0.2, 0) is 6.54 Å². The van der Waals surface area contributed by atoms with Gasteiger partial charge in [-0.25, -0.2) is 4.39 Å². The number of nitrogens with zero attached hydrogens (tertiary/aromatic N) is 3. The van der Waals surface area contributed by atoms with Gasteiger partial charge in [0.15, 0.2) is 5.76 Å². The average molecular weight is 472 g/mol. The van der Waals surface area contributed by atoms with E-state index in [0.717, 1.165) is 6.07 Å². The minimum atomic E-state index is -4.79. The van der Waals surface area contributed by atoms with Crippen molar-refractivity contribution in [1.29, 1.82) is 0 Å². The highest BCUT2D eigenvalue weighted by Crippen LogP contribution is 2.33. The molecule has 0 aliphatic carbocycles. The molecule has 0 unspecified atom stereocenters. The standard InChI is InChI=1S/C17H10BrF4N5O2/c18-11-5-10(1-2-13(11)29-17(20,21)22)23-7-9-3-8-4-15(16-24-26-27-25-16)28-14(8)6-12(9)19/h1-6,23H,7H2,(H,24,25,26,27). The summed E-state index contributed by atoms with van der Waals surface area (Å²) in [6, 6.07) is 8.46. The number of hydrogen-bond donors (Lipinski definition) is 2. The number of nitrogens with one attached hydrogen (secondary N) is 2. The fourth-order valence-corrected chi connectivity index (χ4v) is 3.10. The van der Waals surface area contributed by atoms with Gasteiger partial charge in [0.05, 0.1) is 4.47 Å². The molecule has 0 amide bonds. The molecule has 4 aromatic rings. The van der Waals surface area contributed by atoms with Crippen LogP contribution in [0.2, 0.25) is 0 Å². The van der Waals surface area contributed by atoms with Gasteiger partial charge in [-0.05, 0) is 51.5 Å². The van der Waals surface area contributed by atoms with E-state index in [0.29, 0.717) is 28.0 Å². The van der Waals surface area contributed by atoms with Crippen molar-refractivity contribution in [2.45, 2.75) is 12.9 Å². The quantitative estimate of drug-likeness (QED) is 0.397. The molecule has 2 aromatic carbocycles. The number of hydrogen-bond acceptors (Lipinski definition) is 6. The van der Waals surface area contributed by atoms with E-state index in [2.05, 4.69) is 46.6 Å². The maximum absolute atomic E-state index is 14.4. The van der Waals surface area contributed by atoms with Gasteiger partial charge >= 0.3 is 6.36 Å². The van der Waals surface area contributed by atoms with Crippen LogP contribution in [0.3, 0.4) is 0 Å². The lowest BCUT2D eigenvalue weighted by Crippen LogP contribution is -2.17. The summed E-state index contributed by atoms with van der Waals surface area (Å²) in [5.74, 6) is -0.298. The summed E-state index contributed by atoms with van der Waals surface area (Å²) in [5.41, 5.74) is 1.14. The first-order chi connectivity index (χ1) is 13.8. The van der Waals surface area contributed by atoms with Gasteiger partial charge in [-0.15, -0.1) is 23.4 Å². The van der Waals surface area contributed by atoms with Crippen molar-refractivity contribution in [3.8, 4) is 17.3 Å². The Labute approximate surface area is 168 Å². The molecule has 29 heavy (non-hydrogen) atoms. The SMILES string of the molecule is Fc1cc2oc(-c3nn[nH]n3)cc2cc1CNc1ccc(OC(F)(F)F)c(Br)c1. The van der Waals surface area contributed by atoms with Crippen LogP contribution in [-0.4, -0.2) is 27.0 Å². The lowest BCUT2D eigenvalue weighted by atomic mass is 10.1. The van der Waals surface area contributed by atoms with Gasteiger partial charge in [-0.2, -0.15) is 5.21 Å². The largest absolute Gasteiger partial charge is 0.573 e. The Kier molecular flexibility index (Phi) is 4.86. The highest BCUT2D eigenvalue weighted by atomic mass is 79.9. The Hall–Kier alpha value is -3.15. The number of aromatic nitrogens is 4. The predicted octanol–water partition coefficient (Wildman–Crippen LogP) is 5.03. The van der Waals surface area contributed by atoms with Crippen molar-refractivity contribution in [3.63, 3.8) is 0 Å². The fraction of sp³-hybridized carbons (Fsp3) is 0.118. The monoisotopic (exact) mass is 471 g/mol. The second-order valence-electron chi connectivity index (χ2n) is 5.87. The Morgan fingerprint density at radius 1 is 1.17 bits per heavy atom. The normalized spacial score (nSPS) is 11.8. The second-order valence-corrected chi connectivity index (χ2v) is 6.73. The molecule has 0 saturated heterocycles. The van der Waals surface area contributed by atoms with E-state index in [4.69, 9.17) is 4.42 Å². The summed E-state index contributed by atoms with van der Waals surface area (Å²) in [6.45, 7) is 0.0937. The van der Waals surface area contributed by atoms with E-state index in [1.165, 1.54) is 18.2 Å². The van der Waals surface area contributed by atoms with Gasteiger partial charge in [0.25, 0.3) is 0 Å². The first-order valence-electron chi connectivity index (χ1n) is 8.03. The highest BCUT2D eigenvalue weighted by molar-refractivity contribution is 9.10. The molecule has 0 bridgehead atoms. The molecule has 0 saturated carbocycles. The molecule has 0 aliphatic rings. The molecule has 150 valence electrons. The molecule has 7 nitrogen and oxygen atoms in total. The molecular weight excluding hydrogens is 462 g/mol. The second kappa shape index (κ2) is 7.35. The lowest BCUT2D eigenvalue weighted by Gasteiger charge is -2.13. The number of rotatable bonds is 5. The summed E-state index contributed by atoms with van der Waals surface area (Å²) < 4.78 is 60.9. The van der Waals surface area contributed by atoms with Crippen LogP contribution in [0, 0.1) is 5.82 Å². The summed E-state index contributed by atoms with van der Waals surface area (Å²) in [7, 11) is 0. The van der Waals surface area contributed by atoms with Gasteiger partial charge < -0.3 is 14.5 Å². The number of benzene rings is 2. The van der Waals surface area contributed by atoms with Gasteiger partial charge in [0, 0.05) is 29.2 Å². The molecule has 2 N–H and O–H groups in total. The molecule has 12 heteroatoms. The lowest BCUT2D eigenvalue weighted by molar-refractivity contribution is -0.274. The number of fused-ring (bicyclic) bond motifs is 1. The number of halogens is 5. The summed E-state index contributed by atoms with van der Waals surface area (Å²) in [4.78, 5) is 0. The maximum atomic E-state index is 14.4. The van der Waals surface area contributed by atoms with Gasteiger partial charge in [0.1, 0.15) is 17.1 Å². The number of anilines is 1. The average Bonchev–Trinajstić information content (AvgIpc) is 3.30. The van der Waals surface area contributed by atoms with E-state index < -0.39 is 12.2 Å². The molecule has 0 fully saturated rings. The number of H-pyrrole nitrogens is 1. The van der Waals surface area contributed by atoms with Gasteiger partial charge in [-0.3, -0.25) is 0 Å². The van der Waals surface area contributed by atoms with Crippen molar-refractivity contribution in [3.05, 3.63) is 52.3 Å². The molecule has 0 spiro atoms. The Morgan fingerprint density at radius 3 is 2.69 bits per heavy atom. The first kappa shape index (κ1) is 19.2. The van der Waals surface area contributed by atoms with Crippen LogP contribution in [0.5, 0.6) is 5.75 Å². The van der Waals surface area contributed by atoms with Crippen molar-refractivity contribution in [2.24, 2.45) is 0 Å². The van der Waals surface area contributed by atoms with Crippen molar-refractivity contribution in [2.75, 3.05) is 5.32 Å². The van der Waals surface area contributed by atoms with Crippen LogP contribution < -0.4 is 10.1 Å². The molecule has 0 aliphatic heterocycles. The zero-order chi connectivity index (χ0) is 20.6. The minimum Gasteiger partial charge on any atom is -0.452 e. The Bertz CT molecular complexity index is 1160. The third kappa shape index (κ3) is 4.31. The van der Waals surface area contributed by atoms with E-state index >= 15 is 0 Å². The maximum Gasteiger partial charge on any atom is 0.573 e. The number of furan rings is 1. The predicted molar refractivity (Wildman–Crippen MR) is 97.5 cm³/mol. The first-order valence-corrected chi connectivity index (χ1v) is 8.83. The summed E-state index contributed by atoms with van der Waals surface area (Å²) in [6.07, 6.45) is -4.79. The number of tetrazole rings is 1. The zero-order valence-electron chi connectivity index (χ0n) is 14.2. The topological polar surface area (TPSA) is 88.9 Å². The van der Waals surface area contributed by atoms with E-state index in [1.54, 1.807) is 12.1 Å². The molecule has 0 radical (unpaired) electrons. The zero-order valence-corrected chi connectivity index (χ0v) is 15.8. The van der Waals surface area contributed by atoms with E-state index in [-0.39, 0.29) is 22.6 Å². The van der Waals surface area contributed by atoms with Crippen LogP contribution in [0.15, 0.2) is 45.3 Å². The summed E-state index contributed by atoms with van der Waals surface area (Å²) >= 11 is 3.02. The molecule has 2 aromatic heterocycles. The minimum absolute atomic E-state index is 0.0937. The van der Waals surface area contributed by atoms with Crippen LogP contribution >= 0.6 is 15.9 Å². The third-order valence-electron chi connectivity index (χ3n) is 3.89. The van der Waals surface area contributed by atoms with Crippen LogP contribution in [0.1, 0.15) is 5.56 Å². The number of aromatic amines is 1. The van der Waals surface area contributed by atoms with Crippen molar-refractivity contribution in [1.82, 2.24) is 20.6 Å². The van der Waals surface area contributed by atoms with Gasteiger partial charge in [0.2, 0.25) is 5.82 Å². The molecule has 4 rings (SSSR count). The smallest absolute Gasteiger partial charge is 0.452 e. The molecule has 2 heterocycles. The highest BCUT2D eigenvalue weighted by Gasteiger charge is 2.31. The third-order valence-corrected chi connectivity index (χ3v) is 4.51. The number of alkyl halides is 3. The Balaban J connectivity index is 1.52. The van der Waals surface area contributed by atoms with Gasteiger partial charge in [-0.1, -0.05) is 0 Å². The van der Waals surface area contributed by atoms with E-state index in [9.17, 15) is 17.6 Å². The van der Waals surface area contributed by atoms with Crippen molar-refractivity contribution >= 4 is 32.6 Å². The molecular formula is C17H10BrF4N5O2. The van der Waals surface area contributed by atoms with E-state index in [1.807, 2.05) is 0 Å². The number of ether oxygens (including phenoxy) is 1. The van der Waals surface area contributed by atoms with Crippen LogP contribution in [0.4, 0.5) is 23.2 Å². The fourth-order valence-electron chi connectivity index (χ4n) is 2.64. The van der Waals surface area contributed by atoms with Crippen LogP contribution in [0.25, 0.3) is 22.6 Å². The summed E-state index contributed by atoms with van der Waals surface area (Å²) in [5, 5.41) is 17.0. The molecule has 0 atom stereocenters.